The normalized spacial score (nSPS) is 12.0. The van der Waals surface area contributed by atoms with Crippen LogP contribution in [0.2, 0.25) is 0 Å². The van der Waals surface area contributed by atoms with Crippen LogP contribution in [0.1, 0.15) is 29.3 Å². The minimum atomic E-state index is -0.708. The largest absolute Gasteiger partial charge is 0.464 e. The Morgan fingerprint density at radius 2 is 1.71 bits per heavy atom. The number of anilines is 1. The number of para-hydroxylation sites is 1. The van der Waals surface area contributed by atoms with Gasteiger partial charge in [0, 0.05) is 17.1 Å². The summed E-state index contributed by atoms with van der Waals surface area (Å²) >= 11 is 0. The molecule has 0 saturated heterocycles. The molecule has 1 N–H and O–H groups in total. The number of nitrogens with zero attached hydrogens (tertiary/aromatic N) is 3. The number of carbonyl (C=O) groups excluding carboxylic acids is 1. The molecule has 0 aliphatic rings. The molecule has 2 heterocycles. The molecule has 158 valence electrons. The van der Waals surface area contributed by atoms with Crippen molar-refractivity contribution in [3.8, 4) is 11.6 Å². The maximum atomic E-state index is 12.7. The average Bonchev–Trinajstić information content (AvgIpc) is 3.08. The molecule has 0 unspecified atom stereocenters. The zero-order valence-electron chi connectivity index (χ0n) is 18.4. The van der Waals surface area contributed by atoms with Gasteiger partial charge in [-0.2, -0.15) is 10.1 Å². The second-order valence-corrected chi connectivity index (χ2v) is 7.86. The number of hydrogen-bond donors (Lipinski definition) is 1. The molecule has 0 radical (unpaired) electrons. The van der Waals surface area contributed by atoms with Crippen molar-refractivity contribution in [1.82, 2.24) is 14.8 Å². The summed E-state index contributed by atoms with van der Waals surface area (Å²) in [6, 6.07) is 17.5. The Morgan fingerprint density at radius 1 is 0.968 bits per heavy atom. The predicted molar refractivity (Wildman–Crippen MR) is 123 cm³/mol. The zero-order valence-corrected chi connectivity index (χ0v) is 18.4. The molecule has 1 atom stereocenters. The van der Waals surface area contributed by atoms with Gasteiger partial charge in [-0.15, -0.1) is 0 Å². The van der Waals surface area contributed by atoms with Gasteiger partial charge < -0.3 is 10.1 Å². The average molecular weight is 415 g/mol. The van der Waals surface area contributed by atoms with Gasteiger partial charge in [0.2, 0.25) is 5.88 Å². The van der Waals surface area contributed by atoms with Crippen molar-refractivity contribution in [1.29, 1.82) is 0 Å². The molecule has 1 amide bonds. The topological polar surface area (TPSA) is 69.0 Å². The highest BCUT2D eigenvalue weighted by Gasteiger charge is 2.19. The summed E-state index contributed by atoms with van der Waals surface area (Å²) in [5.74, 6) is 0.167. The van der Waals surface area contributed by atoms with E-state index in [2.05, 4.69) is 15.4 Å². The SMILES string of the molecule is Cc1ccc(NC(=O)[C@@H](C)Oc2cc(C)c3c(C)nn(-c4ccccc4)c3n2)cc1C. The lowest BCUT2D eigenvalue weighted by molar-refractivity contribution is -0.122. The first-order chi connectivity index (χ1) is 14.8. The Bertz CT molecular complexity index is 1260. The molecule has 4 aromatic rings. The Kier molecular flexibility index (Phi) is 5.46. The van der Waals surface area contributed by atoms with E-state index in [9.17, 15) is 4.79 Å². The van der Waals surface area contributed by atoms with Crippen LogP contribution in [0.3, 0.4) is 0 Å². The van der Waals surface area contributed by atoms with Crippen LogP contribution in [0.4, 0.5) is 5.69 Å². The molecule has 0 saturated carbocycles. The van der Waals surface area contributed by atoms with Crippen LogP contribution >= 0.6 is 0 Å². The Labute approximate surface area is 181 Å². The molecule has 2 aromatic carbocycles. The summed E-state index contributed by atoms with van der Waals surface area (Å²) < 4.78 is 7.74. The van der Waals surface area contributed by atoms with Crippen molar-refractivity contribution in [2.45, 2.75) is 40.7 Å². The van der Waals surface area contributed by atoms with E-state index in [-0.39, 0.29) is 5.91 Å². The van der Waals surface area contributed by atoms with Gasteiger partial charge in [-0.25, -0.2) is 4.68 Å². The number of ether oxygens (including phenoxy) is 1. The number of pyridine rings is 1. The number of carbonyl (C=O) groups is 1. The standard InChI is InChI=1S/C25H26N4O2/c1-15-11-12-20(13-16(15)2)26-25(30)19(5)31-22-14-17(3)23-18(4)28-29(24(23)27-22)21-9-7-6-8-10-21/h6-14,19H,1-5H3,(H,26,30)/t19-/m1/s1. The fourth-order valence-corrected chi connectivity index (χ4v) is 3.58. The van der Waals surface area contributed by atoms with E-state index in [1.807, 2.05) is 87.0 Å². The highest BCUT2D eigenvalue weighted by molar-refractivity contribution is 5.94. The fourth-order valence-electron chi connectivity index (χ4n) is 3.58. The van der Waals surface area contributed by atoms with Crippen LogP contribution in [0.5, 0.6) is 5.88 Å². The maximum Gasteiger partial charge on any atom is 0.265 e. The van der Waals surface area contributed by atoms with E-state index in [0.29, 0.717) is 11.5 Å². The van der Waals surface area contributed by atoms with Crippen molar-refractivity contribution < 1.29 is 9.53 Å². The third kappa shape index (κ3) is 4.14. The number of hydrogen-bond acceptors (Lipinski definition) is 4. The van der Waals surface area contributed by atoms with Gasteiger partial charge in [0.1, 0.15) is 0 Å². The minimum absolute atomic E-state index is 0.226. The van der Waals surface area contributed by atoms with Crippen molar-refractivity contribution in [3.05, 3.63) is 77.0 Å². The molecule has 0 bridgehead atoms. The van der Waals surface area contributed by atoms with Gasteiger partial charge in [-0.3, -0.25) is 4.79 Å². The third-order valence-corrected chi connectivity index (χ3v) is 5.43. The summed E-state index contributed by atoms with van der Waals surface area (Å²) in [6.07, 6.45) is -0.708. The Hall–Kier alpha value is -3.67. The molecular weight excluding hydrogens is 388 g/mol. The number of fused-ring (bicyclic) bond motifs is 1. The molecule has 0 aliphatic carbocycles. The predicted octanol–water partition coefficient (Wildman–Crippen LogP) is 5.06. The molecule has 4 rings (SSSR count). The summed E-state index contributed by atoms with van der Waals surface area (Å²) in [7, 11) is 0. The van der Waals surface area contributed by atoms with Gasteiger partial charge in [0.15, 0.2) is 11.8 Å². The van der Waals surface area contributed by atoms with Crippen molar-refractivity contribution >= 4 is 22.6 Å². The lowest BCUT2D eigenvalue weighted by Gasteiger charge is -2.15. The van der Waals surface area contributed by atoms with Crippen molar-refractivity contribution in [2.24, 2.45) is 0 Å². The highest BCUT2D eigenvalue weighted by Crippen LogP contribution is 2.27. The minimum Gasteiger partial charge on any atom is -0.464 e. The van der Waals surface area contributed by atoms with E-state index in [0.717, 1.165) is 33.6 Å². The number of aromatic nitrogens is 3. The van der Waals surface area contributed by atoms with Crippen LogP contribution in [-0.2, 0) is 4.79 Å². The van der Waals surface area contributed by atoms with Crippen LogP contribution < -0.4 is 10.1 Å². The van der Waals surface area contributed by atoms with Crippen LogP contribution in [0.25, 0.3) is 16.7 Å². The van der Waals surface area contributed by atoms with E-state index < -0.39 is 6.10 Å². The second kappa shape index (κ2) is 8.22. The lowest BCUT2D eigenvalue weighted by atomic mass is 10.1. The summed E-state index contributed by atoms with van der Waals surface area (Å²) in [4.78, 5) is 17.4. The second-order valence-electron chi connectivity index (χ2n) is 7.86. The van der Waals surface area contributed by atoms with E-state index in [4.69, 9.17) is 4.74 Å². The zero-order chi connectivity index (χ0) is 22.1. The van der Waals surface area contributed by atoms with Gasteiger partial charge in [-0.1, -0.05) is 24.3 Å². The quantitative estimate of drug-likeness (QED) is 0.496. The molecular formula is C25H26N4O2. The van der Waals surface area contributed by atoms with Gasteiger partial charge >= 0.3 is 0 Å². The van der Waals surface area contributed by atoms with Gasteiger partial charge in [0.25, 0.3) is 5.91 Å². The van der Waals surface area contributed by atoms with Crippen LogP contribution in [0, 0.1) is 27.7 Å². The summed E-state index contributed by atoms with van der Waals surface area (Å²) in [5.41, 5.74) is 6.59. The Balaban J connectivity index is 1.60. The smallest absolute Gasteiger partial charge is 0.265 e. The molecule has 6 nitrogen and oxygen atoms in total. The molecule has 31 heavy (non-hydrogen) atoms. The number of aryl methyl sites for hydroxylation is 4. The number of nitrogens with one attached hydrogen (secondary N) is 1. The summed E-state index contributed by atoms with van der Waals surface area (Å²) in [5, 5.41) is 8.57. The first-order valence-corrected chi connectivity index (χ1v) is 10.3. The van der Waals surface area contributed by atoms with E-state index in [1.165, 1.54) is 5.56 Å². The van der Waals surface area contributed by atoms with Crippen molar-refractivity contribution in [2.75, 3.05) is 5.32 Å². The van der Waals surface area contributed by atoms with Crippen LogP contribution in [-0.4, -0.2) is 26.8 Å². The molecule has 2 aromatic heterocycles. The molecule has 6 heteroatoms. The highest BCUT2D eigenvalue weighted by atomic mass is 16.5. The third-order valence-electron chi connectivity index (χ3n) is 5.43. The van der Waals surface area contributed by atoms with Gasteiger partial charge in [0.05, 0.1) is 11.4 Å². The van der Waals surface area contributed by atoms with Crippen LogP contribution in [0.15, 0.2) is 54.6 Å². The van der Waals surface area contributed by atoms with Gasteiger partial charge in [-0.05, 0) is 75.6 Å². The summed E-state index contributed by atoms with van der Waals surface area (Å²) in [6.45, 7) is 9.75. The van der Waals surface area contributed by atoms with E-state index in [1.54, 1.807) is 6.92 Å². The lowest BCUT2D eigenvalue weighted by Crippen LogP contribution is -2.30. The molecule has 0 aliphatic heterocycles. The molecule has 0 fully saturated rings. The first-order valence-electron chi connectivity index (χ1n) is 10.3. The van der Waals surface area contributed by atoms with E-state index >= 15 is 0 Å². The Morgan fingerprint density at radius 3 is 2.42 bits per heavy atom. The molecule has 0 spiro atoms. The first kappa shape index (κ1) is 20.6. The number of benzene rings is 2. The maximum absolute atomic E-state index is 12.7. The monoisotopic (exact) mass is 414 g/mol. The number of rotatable bonds is 5. The fraction of sp³-hybridized carbons (Fsp3) is 0.240. The number of amides is 1. The van der Waals surface area contributed by atoms with Crippen molar-refractivity contribution in [3.63, 3.8) is 0 Å².